The summed E-state index contributed by atoms with van der Waals surface area (Å²) in [6, 6.07) is 2.19. The SMILES string of the molecule is CC1=C(C#N)C([N+](=O)[O-])C(C#N)=C(C)N1. The Labute approximate surface area is 86.3 Å². The molecule has 1 heterocycles. The van der Waals surface area contributed by atoms with Crippen LogP contribution in [0.5, 0.6) is 0 Å². The van der Waals surface area contributed by atoms with Crippen molar-refractivity contribution >= 4 is 0 Å². The van der Waals surface area contributed by atoms with Crippen molar-refractivity contribution in [2.24, 2.45) is 0 Å². The normalized spacial score (nSPS) is 16.8. The van der Waals surface area contributed by atoms with Crippen molar-refractivity contribution in [2.45, 2.75) is 19.9 Å². The maximum absolute atomic E-state index is 10.8. The van der Waals surface area contributed by atoms with Crippen LogP contribution in [0.4, 0.5) is 0 Å². The van der Waals surface area contributed by atoms with Crippen molar-refractivity contribution in [3.8, 4) is 12.1 Å². The van der Waals surface area contributed by atoms with Crippen molar-refractivity contribution in [3.05, 3.63) is 32.7 Å². The fourth-order valence-corrected chi connectivity index (χ4v) is 1.47. The number of hydrogen-bond acceptors (Lipinski definition) is 5. The first kappa shape index (κ1) is 10.7. The summed E-state index contributed by atoms with van der Waals surface area (Å²) in [5, 5.41) is 31.2. The average Bonchev–Trinajstić information content (AvgIpc) is 2.16. The molecule has 6 heteroatoms. The molecule has 76 valence electrons. The summed E-state index contributed by atoms with van der Waals surface area (Å²) >= 11 is 0. The van der Waals surface area contributed by atoms with Gasteiger partial charge in [0.15, 0.2) is 0 Å². The minimum absolute atomic E-state index is 0.0119. The van der Waals surface area contributed by atoms with Gasteiger partial charge in [0.2, 0.25) is 0 Å². The zero-order valence-electron chi connectivity index (χ0n) is 8.24. The van der Waals surface area contributed by atoms with Crippen LogP contribution in [0, 0.1) is 32.8 Å². The number of nitro groups is 1. The summed E-state index contributed by atoms with van der Waals surface area (Å²) in [7, 11) is 0. The zero-order chi connectivity index (χ0) is 11.6. The van der Waals surface area contributed by atoms with Gasteiger partial charge in [0, 0.05) is 16.3 Å². The second-order valence-electron chi connectivity index (χ2n) is 3.11. The molecule has 0 aromatic carbocycles. The molecule has 0 bridgehead atoms. The lowest BCUT2D eigenvalue weighted by Gasteiger charge is -2.19. The maximum Gasteiger partial charge on any atom is 0.285 e. The Kier molecular flexibility index (Phi) is 2.72. The molecule has 0 unspecified atom stereocenters. The molecule has 0 aromatic rings. The van der Waals surface area contributed by atoms with Crippen molar-refractivity contribution in [2.75, 3.05) is 0 Å². The van der Waals surface area contributed by atoms with Gasteiger partial charge in [0.05, 0.1) is 0 Å². The van der Waals surface area contributed by atoms with Crippen LogP contribution in [0.15, 0.2) is 22.5 Å². The molecule has 1 rings (SSSR count). The van der Waals surface area contributed by atoms with Gasteiger partial charge in [-0.05, 0) is 13.8 Å². The number of hydrogen-bond donors (Lipinski definition) is 1. The minimum Gasteiger partial charge on any atom is -0.361 e. The molecule has 15 heavy (non-hydrogen) atoms. The summed E-state index contributed by atoms with van der Waals surface area (Å²) in [6.45, 7) is 3.15. The van der Waals surface area contributed by atoms with Gasteiger partial charge in [-0.2, -0.15) is 10.5 Å². The van der Waals surface area contributed by atoms with Crippen LogP contribution in [-0.2, 0) is 0 Å². The predicted octanol–water partition coefficient (Wildman–Crippen LogP) is 0.830. The number of nitrogens with one attached hydrogen (secondary N) is 1. The van der Waals surface area contributed by atoms with Crippen LogP contribution in [0.1, 0.15) is 13.8 Å². The molecular weight excluding hydrogens is 196 g/mol. The molecule has 6 nitrogen and oxygen atoms in total. The number of dihydropyridines is 1. The summed E-state index contributed by atoms with van der Waals surface area (Å²) < 4.78 is 0. The number of nitriles is 2. The Balaban J connectivity index is 3.36. The van der Waals surface area contributed by atoms with Crippen molar-refractivity contribution in [1.82, 2.24) is 5.32 Å². The highest BCUT2D eigenvalue weighted by molar-refractivity contribution is 5.48. The first-order valence-corrected chi connectivity index (χ1v) is 4.15. The second kappa shape index (κ2) is 3.81. The van der Waals surface area contributed by atoms with Gasteiger partial charge in [-0.3, -0.25) is 10.1 Å². The third-order valence-corrected chi connectivity index (χ3v) is 2.18. The van der Waals surface area contributed by atoms with E-state index in [2.05, 4.69) is 5.32 Å². The van der Waals surface area contributed by atoms with Crippen molar-refractivity contribution < 1.29 is 4.92 Å². The maximum atomic E-state index is 10.8. The molecule has 0 saturated carbocycles. The molecule has 0 aromatic heterocycles. The molecule has 0 saturated heterocycles. The smallest absolute Gasteiger partial charge is 0.285 e. The van der Waals surface area contributed by atoms with Crippen LogP contribution >= 0.6 is 0 Å². The molecule has 1 aliphatic rings. The quantitative estimate of drug-likeness (QED) is 0.503. The Hall–Kier alpha value is -2.34. The van der Waals surface area contributed by atoms with Gasteiger partial charge in [0.25, 0.3) is 6.04 Å². The Morgan fingerprint density at radius 1 is 1.27 bits per heavy atom. The number of rotatable bonds is 1. The molecule has 0 amide bonds. The third kappa shape index (κ3) is 1.65. The lowest BCUT2D eigenvalue weighted by Crippen LogP contribution is -2.33. The summed E-state index contributed by atoms with van der Waals surface area (Å²) in [5.41, 5.74) is 0.829. The monoisotopic (exact) mass is 204 g/mol. The largest absolute Gasteiger partial charge is 0.361 e. The highest BCUT2D eigenvalue weighted by Crippen LogP contribution is 2.24. The predicted molar refractivity (Wildman–Crippen MR) is 50.5 cm³/mol. The standard InChI is InChI=1S/C9H8N4O2/c1-5-7(3-10)9(13(14)15)8(4-11)6(2)12-5/h9,12H,1-2H3. The summed E-state index contributed by atoms with van der Waals surface area (Å²) in [4.78, 5) is 10.2. The van der Waals surface area contributed by atoms with Gasteiger partial charge >= 0.3 is 0 Å². The molecule has 0 spiro atoms. The van der Waals surface area contributed by atoms with Gasteiger partial charge in [-0.1, -0.05) is 0 Å². The van der Waals surface area contributed by atoms with Crippen LogP contribution < -0.4 is 5.32 Å². The van der Waals surface area contributed by atoms with E-state index in [1.807, 2.05) is 0 Å². The number of allylic oxidation sites excluding steroid dienone is 2. The van der Waals surface area contributed by atoms with Gasteiger partial charge in [-0.15, -0.1) is 0 Å². The van der Waals surface area contributed by atoms with Gasteiger partial charge in [0.1, 0.15) is 23.3 Å². The molecule has 1 N–H and O–H groups in total. The average molecular weight is 204 g/mol. The molecule has 1 aliphatic heterocycles. The molecule has 0 atom stereocenters. The molecule has 0 radical (unpaired) electrons. The summed E-state index contributed by atoms with van der Waals surface area (Å²) in [6.07, 6.45) is 0. The third-order valence-electron chi connectivity index (χ3n) is 2.18. The lowest BCUT2D eigenvalue weighted by atomic mass is 9.94. The zero-order valence-corrected chi connectivity index (χ0v) is 8.24. The Morgan fingerprint density at radius 3 is 1.93 bits per heavy atom. The van der Waals surface area contributed by atoms with Crippen molar-refractivity contribution in [1.29, 1.82) is 10.5 Å². The van der Waals surface area contributed by atoms with E-state index in [0.717, 1.165) is 0 Å². The summed E-state index contributed by atoms with van der Waals surface area (Å²) in [5.74, 6) is 0. The van der Waals surface area contributed by atoms with E-state index >= 15 is 0 Å². The molecular formula is C9H8N4O2. The van der Waals surface area contributed by atoms with Crippen LogP contribution in [0.2, 0.25) is 0 Å². The van der Waals surface area contributed by atoms with E-state index in [0.29, 0.717) is 11.4 Å². The lowest BCUT2D eigenvalue weighted by molar-refractivity contribution is -0.500. The Morgan fingerprint density at radius 2 is 1.67 bits per heavy atom. The topological polar surface area (TPSA) is 103 Å². The van der Waals surface area contributed by atoms with Crippen molar-refractivity contribution in [3.63, 3.8) is 0 Å². The highest BCUT2D eigenvalue weighted by atomic mass is 16.6. The fourth-order valence-electron chi connectivity index (χ4n) is 1.47. The van der Waals surface area contributed by atoms with E-state index in [1.165, 1.54) is 0 Å². The van der Waals surface area contributed by atoms with E-state index in [1.54, 1.807) is 26.0 Å². The van der Waals surface area contributed by atoms with Gasteiger partial charge in [-0.25, -0.2) is 0 Å². The molecule has 0 fully saturated rings. The second-order valence-corrected chi connectivity index (χ2v) is 3.11. The van der Waals surface area contributed by atoms with E-state index < -0.39 is 11.0 Å². The minimum atomic E-state index is -1.33. The molecule has 0 aliphatic carbocycles. The van der Waals surface area contributed by atoms with E-state index in [9.17, 15) is 10.1 Å². The van der Waals surface area contributed by atoms with E-state index in [-0.39, 0.29) is 11.1 Å². The fraction of sp³-hybridized carbons (Fsp3) is 0.333. The first-order valence-electron chi connectivity index (χ1n) is 4.15. The Bertz CT molecular complexity index is 425. The van der Waals surface area contributed by atoms with Crippen LogP contribution in [0.3, 0.4) is 0 Å². The van der Waals surface area contributed by atoms with Crippen LogP contribution in [0.25, 0.3) is 0 Å². The first-order chi connectivity index (χ1) is 7.02. The van der Waals surface area contributed by atoms with Gasteiger partial charge < -0.3 is 5.32 Å². The highest BCUT2D eigenvalue weighted by Gasteiger charge is 2.36. The van der Waals surface area contributed by atoms with Crippen LogP contribution in [-0.4, -0.2) is 11.0 Å². The number of nitrogens with zero attached hydrogens (tertiary/aromatic N) is 3. The van der Waals surface area contributed by atoms with E-state index in [4.69, 9.17) is 10.5 Å².